The molecule has 4 heterocycles. The lowest BCUT2D eigenvalue weighted by atomic mass is 9.86. The molecule has 38 heavy (non-hydrogen) atoms. The van der Waals surface area contributed by atoms with Crippen molar-refractivity contribution in [2.24, 2.45) is 0 Å². The number of esters is 2. The molecule has 0 amide bonds. The van der Waals surface area contributed by atoms with Crippen LogP contribution < -0.4 is 0 Å². The van der Waals surface area contributed by atoms with E-state index in [1.54, 1.807) is 11.0 Å². The predicted molar refractivity (Wildman–Crippen MR) is 127 cm³/mol. The quantitative estimate of drug-likeness (QED) is 0.237. The maximum absolute atomic E-state index is 14.1. The summed E-state index contributed by atoms with van der Waals surface area (Å²) in [6, 6.07) is 7.65. The highest BCUT2D eigenvalue weighted by molar-refractivity contribution is 7.99. The van der Waals surface area contributed by atoms with Gasteiger partial charge in [-0.25, -0.2) is 18.9 Å². The number of likely N-dealkylation sites (tertiary alicyclic amines) is 1. The molecule has 3 saturated heterocycles. The second-order valence-electron chi connectivity index (χ2n) is 9.78. The van der Waals surface area contributed by atoms with Crippen molar-refractivity contribution >= 4 is 29.3 Å². The number of fused-ring (bicyclic) bond motifs is 2. The lowest BCUT2D eigenvalue weighted by Crippen LogP contribution is -2.56. The molecule has 6 rings (SSSR count). The number of carbonyl (C=O) groups excluding carboxylic acids is 2. The molecule has 0 saturated carbocycles. The highest BCUT2D eigenvalue weighted by atomic mass is 32.2. The molecular formula is C27H23F4NO5S. The van der Waals surface area contributed by atoms with Crippen LogP contribution in [-0.4, -0.2) is 48.5 Å². The van der Waals surface area contributed by atoms with Gasteiger partial charge in [-0.05, 0) is 72.7 Å². The Morgan fingerprint density at radius 2 is 1.79 bits per heavy atom. The number of carbonyl (C=O) groups is 2. The van der Waals surface area contributed by atoms with E-state index in [2.05, 4.69) is 0 Å². The Hall–Kier alpha value is -2.89. The van der Waals surface area contributed by atoms with Crippen LogP contribution in [0.5, 0.6) is 0 Å². The summed E-state index contributed by atoms with van der Waals surface area (Å²) >= 11 is 1.19. The van der Waals surface area contributed by atoms with E-state index in [0.29, 0.717) is 58.2 Å². The Morgan fingerprint density at radius 1 is 1.00 bits per heavy atom. The highest BCUT2D eigenvalue weighted by Gasteiger charge is 2.56. The van der Waals surface area contributed by atoms with Gasteiger partial charge in [-0.3, -0.25) is 0 Å². The maximum atomic E-state index is 14.1. The topological polar surface area (TPSA) is 65.1 Å². The molecule has 0 N–H and O–H groups in total. The number of rotatable bonds is 2. The number of hydrogen-bond donors (Lipinski definition) is 0. The first-order valence-electron chi connectivity index (χ1n) is 12.4. The van der Waals surface area contributed by atoms with Crippen molar-refractivity contribution in [1.82, 2.24) is 4.90 Å². The van der Waals surface area contributed by atoms with Gasteiger partial charge in [0.05, 0.1) is 18.1 Å². The van der Waals surface area contributed by atoms with E-state index in [-0.39, 0.29) is 12.5 Å². The molecule has 4 aliphatic rings. The summed E-state index contributed by atoms with van der Waals surface area (Å²) in [5, 5.41) is 0. The summed E-state index contributed by atoms with van der Waals surface area (Å²) in [4.78, 5) is 27.3. The number of piperidine rings is 1. The van der Waals surface area contributed by atoms with E-state index < -0.39 is 35.4 Å². The Balaban J connectivity index is 1.46. The fraction of sp³-hybridized carbons (Fsp3) is 0.407. The van der Waals surface area contributed by atoms with Gasteiger partial charge >= 0.3 is 24.0 Å². The van der Waals surface area contributed by atoms with Crippen molar-refractivity contribution in [2.45, 2.75) is 60.1 Å². The average molecular weight is 550 g/mol. The number of halogens is 4. The van der Waals surface area contributed by atoms with Crippen molar-refractivity contribution in [3.05, 3.63) is 64.5 Å². The van der Waals surface area contributed by atoms with Crippen LogP contribution in [0.4, 0.5) is 17.6 Å². The summed E-state index contributed by atoms with van der Waals surface area (Å²) in [5.41, 5.74) is 1.29. The number of nitrogens with zero attached hydrogens (tertiary/aromatic N) is 1. The van der Waals surface area contributed by atoms with Gasteiger partial charge in [0.2, 0.25) is 0 Å². The van der Waals surface area contributed by atoms with Gasteiger partial charge in [-0.1, -0.05) is 23.4 Å². The van der Waals surface area contributed by atoms with Crippen molar-refractivity contribution in [2.75, 3.05) is 19.7 Å². The third-order valence-corrected chi connectivity index (χ3v) is 8.47. The minimum Gasteiger partial charge on any atom is -0.399 e. The van der Waals surface area contributed by atoms with Crippen molar-refractivity contribution in [3.8, 4) is 0 Å². The summed E-state index contributed by atoms with van der Waals surface area (Å²) < 4.78 is 72.1. The molecule has 0 aromatic heterocycles. The van der Waals surface area contributed by atoms with Gasteiger partial charge in [0, 0.05) is 29.5 Å². The Morgan fingerprint density at radius 3 is 2.50 bits per heavy atom. The molecule has 1 spiro atoms. The second kappa shape index (κ2) is 9.39. The summed E-state index contributed by atoms with van der Waals surface area (Å²) in [6.07, 6.45) is -1.56. The van der Waals surface area contributed by atoms with Gasteiger partial charge in [0.15, 0.2) is 0 Å². The molecule has 0 bridgehead atoms. The maximum Gasteiger partial charge on any atom is 0.421 e. The van der Waals surface area contributed by atoms with E-state index in [1.807, 2.05) is 0 Å². The van der Waals surface area contributed by atoms with Crippen molar-refractivity contribution in [3.63, 3.8) is 0 Å². The van der Waals surface area contributed by atoms with Crippen LogP contribution in [0.25, 0.3) is 5.57 Å². The van der Waals surface area contributed by atoms with Crippen LogP contribution in [-0.2, 0) is 30.0 Å². The van der Waals surface area contributed by atoms with Gasteiger partial charge in [0.25, 0.3) is 0 Å². The smallest absolute Gasteiger partial charge is 0.399 e. The predicted octanol–water partition coefficient (Wildman–Crippen LogP) is 5.53. The van der Waals surface area contributed by atoms with Gasteiger partial charge in [-0.2, -0.15) is 13.2 Å². The van der Waals surface area contributed by atoms with Crippen LogP contribution in [0.3, 0.4) is 0 Å². The normalized spacial score (nSPS) is 25.1. The van der Waals surface area contributed by atoms with E-state index in [4.69, 9.17) is 14.2 Å². The van der Waals surface area contributed by atoms with Crippen LogP contribution >= 0.6 is 11.8 Å². The van der Waals surface area contributed by atoms with Crippen LogP contribution in [0.2, 0.25) is 0 Å². The van der Waals surface area contributed by atoms with Crippen LogP contribution in [0.15, 0.2) is 51.8 Å². The Labute approximate surface area is 219 Å². The van der Waals surface area contributed by atoms with Gasteiger partial charge < -0.3 is 14.2 Å². The van der Waals surface area contributed by atoms with E-state index in [9.17, 15) is 27.2 Å². The summed E-state index contributed by atoms with van der Waals surface area (Å²) in [5.74, 6) is -4.42. The van der Waals surface area contributed by atoms with E-state index in [1.165, 1.54) is 30.0 Å². The number of benzene rings is 2. The molecule has 3 fully saturated rings. The first-order chi connectivity index (χ1) is 18.1. The van der Waals surface area contributed by atoms with Crippen LogP contribution in [0.1, 0.15) is 48.8 Å². The minimum atomic E-state index is -4.56. The lowest BCUT2D eigenvalue weighted by Gasteiger charge is -2.44. The molecule has 4 aliphatic heterocycles. The first-order valence-corrected chi connectivity index (χ1v) is 13.2. The molecule has 11 heteroatoms. The third kappa shape index (κ3) is 4.50. The van der Waals surface area contributed by atoms with Gasteiger partial charge in [0.1, 0.15) is 5.82 Å². The van der Waals surface area contributed by atoms with Crippen molar-refractivity contribution in [1.29, 1.82) is 0 Å². The zero-order chi connectivity index (χ0) is 26.7. The van der Waals surface area contributed by atoms with Gasteiger partial charge in [-0.15, -0.1) is 0 Å². The zero-order valence-electron chi connectivity index (χ0n) is 20.1. The van der Waals surface area contributed by atoms with E-state index in [0.717, 1.165) is 31.4 Å². The summed E-state index contributed by atoms with van der Waals surface area (Å²) in [6.45, 7) is 1.30. The molecule has 1 unspecified atom stereocenters. The molecule has 1 atom stereocenters. The average Bonchev–Trinajstić information content (AvgIpc) is 3.16. The minimum absolute atomic E-state index is 0.0519. The fourth-order valence-electron chi connectivity index (χ4n) is 5.57. The Kier molecular flexibility index (Phi) is 6.27. The molecule has 0 aliphatic carbocycles. The largest absolute Gasteiger partial charge is 0.421 e. The highest BCUT2D eigenvalue weighted by Crippen LogP contribution is 2.51. The van der Waals surface area contributed by atoms with E-state index >= 15 is 0 Å². The fourth-order valence-corrected chi connectivity index (χ4v) is 6.66. The monoisotopic (exact) mass is 549 g/mol. The molecule has 0 radical (unpaired) electrons. The molecule has 6 nitrogen and oxygen atoms in total. The standard InChI is InChI=1S/C27H23F4NO5S/c28-17-5-6-19-22(12-17)38-21-7-4-16(27(29,30)31)11-20(21)23(19)15-8-9-32(14-18-3-1-2-10-35-18)26(13-15)36-24(33)25(34)37-26/h4-7,11-12,18H,1-3,8-10,13-14H2/b23-15+. The number of hydrogen-bond acceptors (Lipinski definition) is 7. The molecular weight excluding hydrogens is 526 g/mol. The van der Waals surface area contributed by atoms with Crippen molar-refractivity contribution < 1.29 is 41.4 Å². The molecule has 2 aromatic carbocycles. The summed E-state index contributed by atoms with van der Waals surface area (Å²) in [7, 11) is 0. The third-order valence-electron chi connectivity index (χ3n) is 7.33. The zero-order valence-corrected chi connectivity index (χ0v) is 20.9. The molecule has 200 valence electrons. The Bertz CT molecular complexity index is 1340. The SMILES string of the molecule is O=C1OC2(C/C(=C3\c4ccc(F)cc4Sc4ccc(C(F)(F)F)cc43)CCN2CC2CCCCO2)OC1=O. The molecule has 2 aromatic rings. The first kappa shape index (κ1) is 25.4. The number of alkyl halides is 3. The number of ether oxygens (including phenoxy) is 3. The van der Waals surface area contributed by atoms with Crippen LogP contribution in [0, 0.1) is 5.82 Å². The lowest BCUT2D eigenvalue weighted by molar-refractivity contribution is -0.261. The second-order valence-corrected chi connectivity index (χ2v) is 10.9.